The lowest BCUT2D eigenvalue weighted by Gasteiger charge is -2.41. The smallest absolute Gasteiger partial charge is 0.227 e. The molecule has 1 aliphatic carbocycles. The van der Waals surface area contributed by atoms with Crippen molar-refractivity contribution in [2.24, 2.45) is 5.92 Å². The fourth-order valence-corrected chi connectivity index (χ4v) is 6.65. The zero-order valence-electron chi connectivity index (χ0n) is 23.3. The van der Waals surface area contributed by atoms with Gasteiger partial charge in [-0.15, -0.1) is 0 Å². The summed E-state index contributed by atoms with van der Waals surface area (Å²) in [7, 11) is 0. The molecule has 5 heterocycles. The van der Waals surface area contributed by atoms with Gasteiger partial charge >= 0.3 is 0 Å². The lowest BCUT2D eigenvalue weighted by molar-refractivity contribution is -0.137. The van der Waals surface area contributed by atoms with E-state index in [-0.39, 0.29) is 5.92 Å². The number of likely N-dealkylation sites (tertiary alicyclic amines) is 1. The Balaban J connectivity index is 1.05. The van der Waals surface area contributed by atoms with Crippen molar-refractivity contribution >= 4 is 22.9 Å². The first-order valence-electron chi connectivity index (χ1n) is 15.1. The minimum atomic E-state index is 0.198. The average molecular weight is 531 g/mol. The Morgan fingerprint density at radius 2 is 1.67 bits per heavy atom. The summed E-state index contributed by atoms with van der Waals surface area (Å²) >= 11 is 0. The predicted octanol–water partition coefficient (Wildman–Crippen LogP) is 3.92. The van der Waals surface area contributed by atoms with E-state index >= 15 is 0 Å². The van der Waals surface area contributed by atoms with Crippen LogP contribution in [0.4, 0.5) is 5.95 Å². The molecule has 3 aromatic rings. The molecule has 3 fully saturated rings. The first kappa shape index (κ1) is 26.2. The maximum atomic E-state index is 13.3. The van der Waals surface area contributed by atoms with Crippen molar-refractivity contribution in [2.45, 2.75) is 77.3 Å². The summed E-state index contributed by atoms with van der Waals surface area (Å²) in [6.07, 6.45) is 14.2. The Labute approximate surface area is 231 Å². The van der Waals surface area contributed by atoms with E-state index in [4.69, 9.17) is 9.97 Å². The van der Waals surface area contributed by atoms with Crippen molar-refractivity contribution in [2.75, 3.05) is 44.2 Å². The number of anilines is 1. The molecule has 9 nitrogen and oxygen atoms in total. The number of hydrogen-bond donors (Lipinski definition) is 0. The van der Waals surface area contributed by atoms with Gasteiger partial charge in [-0.2, -0.15) is 10.1 Å². The van der Waals surface area contributed by atoms with Crippen molar-refractivity contribution in [1.82, 2.24) is 34.5 Å². The third kappa shape index (κ3) is 5.93. The van der Waals surface area contributed by atoms with Crippen molar-refractivity contribution in [3.05, 3.63) is 42.0 Å². The zero-order valence-corrected chi connectivity index (χ0v) is 23.3. The summed E-state index contributed by atoms with van der Waals surface area (Å²) < 4.78 is 1.92. The van der Waals surface area contributed by atoms with E-state index in [0.717, 1.165) is 74.3 Å². The number of nitrogens with zero attached hydrogens (tertiary/aromatic N) is 8. The number of carbonyl (C=O) groups is 1. The molecule has 0 N–H and O–H groups in total. The van der Waals surface area contributed by atoms with Crippen LogP contribution in [0, 0.1) is 5.92 Å². The number of hydrogen-bond acceptors (Lipinski definition) is 7. The number of pyridine rings is 1. The first-order valence-corrected chi connectivity index (χ1v) is 15.1. The van der Waals surface area contributed by atoms with E-state index in [1.807, 2.05) is 23.1 Å². The molecule has 6 rings (SSSR count). The Bertz CT molecular complexity index is 1250. The summed E-state index contributed by atoms with van der Waals surface area (Å²) in [6, 6.07) is 6.90. The Hall–Kier alpha value is -3.07. The van der Waals surface area contributed by atoms with Gasteiger partial charge in [0, 0.05) is 50.0 Å². The van der Waals surface area contributed by atoms with Crippen LogP contribution in [0.25, 0.3) is 11.0 Å². The van der Waals surface area contributed by atoms with Crippen molar-refractivity contribution < 1.29 is 4.79 Å². The monoisotopic (exact) mass is 530 g/mol. The number of fused-ring (bicyclic) bond motifs is 1. The van der Waals surface area contributed by atoms with E-state index in [0.29, 0.717) is 24.4 Å². The van der Waals surface area contributed by atoms with Crippen LogP contribution in [0.5, 0.6) is 0 Å². The highest BCUT2D eigenvalue weighted by atomic mass is 16.2. The van der Waals surface area contributed by atoms with E-state index in [1.165, 1.54) is 45.2 Å². The van der Waals surface area contributed by atoms with Gasteiger partial charge in [0.1, 0.15) is 0 Å². The van der Waals surface area contributed by atoms with Crippen LogP contribution in [0.15, 0.2) is 30.6 Å². The summed E-state index contributed by atoms with van der Waals surface area (Å²) in [6.45, 7) is 8.25. The number of amides is 1. The molecule has 0 radical (unpaired) electrons. The topological polar surface area (TPSA) is 83.3 Å². The molecule has 208 valence electrons. The number of carbonyl (C=O) groups excluding carboxylic acids is 1. The highest BCUT2D eigenvalue weighted by Gasteiger charge is 2.33. The van der Waals surface area contributed by atoms with E-state index in [2.05, 4.69) is 43.8 Å². The molecule has 3 aromatic heterocycles. The normalized spacial score (nSPS) is 22.9. The quantitative estimate of drug-likeness (QED) is 0.458. The van der Waals surface area contributed by atoms with Gasteiger partial charge in [-0.25, -0.2) is 9.67 Å². The third-order valence-corrected chi connectivity index (χ3v) is 8.87. The zero-order chi connectivity index (χ0) is 26.6. The number of aryl methyl sites for hydroxylation is 1. The van der Waals surface area contributed by atoms with Crippen LogP contribution in [0.2, 0.25) is 0 Å². The molecule has 0 bridgehead atoms. The third-order valence-electron chi connectivity index (χ3n) is 8.87. The van der Waals surface area contributed by atoms with E-state index in [1.54, 1.807) is 0 Å². The van der Waals surface area contributed by atoms with Crippen molar-refractivity contribution in [3.8, 4) is 0 Å². The minimum Gasteiger partial charge on any atom is -0.339 e. The molecule has 0 spiro atoms. The van der Waals surface area contributed by atoms with Gasteiger partial charge in [0.2, 0.25) is 11.9 Å². The van der Waals surface area contributed by atoms with Gasteiger partial charge in [-0.05, 0) is 70.2 Å². The van der Waals surface area contributed by atoms with Crippen LogP contribution in [-0.2, 0) is 17.8 Å². The molecule has 3 aliphatic rings. The summed E-state index contributed by atoms with van der Waals surface area (Å²) in [5, 5.41) is 5.50. The molecule has 0 unspecified atom stereocenters. The Morgan fingerprint density at radius 1 is 0.897 bits per heavy atom. The first-order chi connectivity index (χ1) is 19.2. The Kier molecular flexibility index (Phi) is 8.04. The van der Waals surface area contributed by atoms with Crippen molar-refractivity contribution in [1.29, 1.82) is 0 Å². The Morgan fingerprint density at radius 3 is 2.44 bits per heavy atom. The molecule has 9 heteroatoms. The largest absolute Gasteiger partial charge is 0.339 e. The molecular formula is C30H42N8O. The molecule has 2 aliphatic heterocycles. The number of aromatic nitrogens is 5. The molecule has 0 aromatic carbocycles. The van der Waals surface area contributed by atoms with Crippen LogP contribution < -0.4 is 4.90 Å². The SMILES string of the molecule is CCCc1cccc(Cn2ncc3cnc(N4CCN(C(=O)[C@H]5CC[C@H](N6CCCCC6)CC5)CC4)nc32)n1. The average Bonchev–Trinajstić information content (AvgIpc) is 3.39. The summed E-state index contributed by atoms with van der Waals surface area (Å²) in [5.41, 5.74) is 2.93. The summed E-state index contributed by atoms with van der Waals surface area (Å²) in [4.78, 5) is 34.7. The minimum absolute atomic E-state index is 0.198. The summed E-state index contributed by atoms with van der Waals surface area (Å²) in [5.74, 6) is 1.27. The fraction of sp³-hybridized carbons (Fsp3) is 0.633. The molecule has 39 heavy (non-hydrogen) atoms. The highest BCUT2D eigenvalue weighted by Crippen LogP contribution is 2.31. The van der Waals surface area contributed by atoms with E-state index < -0.39 is 0 Å². The molecule has 1 saturated carbocycles. The second-order valence-corrected chi connectivity index (χ2v) is 11.5. The van der Waals surface area contributed by atoms with Crippen LogP contribution >= 0.6 is 0 Å². The fourth-order valence-electron chi connectivity index (χ4n) is 6.65. The van der Waals surface area contributed by atoms with Gasteiger partial charge < -0.3 is 14.7 Å². The molecule has 1 amide bonds. The van der Waals surface area contributed by atoms with Gasteiger partial charge in [0.15, 0.2) is 5.65 Å². The molecular weight excluding hydrogens is 488 g/mol. The second-order valence-electron chi connectivity index (χ2n) is 11.5. The number of piperazine rings is 1. The second kappa shape index (κ2) is 12.0. The molecule has 0 atom stereocenters. The standard InChI is InChI=1S/C30H42N8O/c1-2-7-25-8-6-9-26(33-25)22-38-28-24(21-32-38)20-31-30(34-28)37-18-16-36(17-19-37)29(39)23-10-12-27(13-11-23)35-14-4-3-5-15-35/h6,8-9,20-21,23,27H,2-5,7,10-19,22H2,1H3/t23-,27-. The van der Waals surface area contributed by atoms with Crippen LogP contribution in [0.3, 0.4) is 0 Å². The lowest BCUT2D eigenvalue weighted by atomic mass is 9.83. The maximum absolute atomic E-state index is 13.3. The number of piperidine rings is 1. The van der Waals surface area contributed by atoms with Crippen molar-refractivity contribution in [3.63, 3.8) is 0 Å². The van der Waals surface area contributed by atoms with Crippen LogP contribution in [-0.4, -0.2) is 85.7 Å². The number of rotatable bonds is 7. The van der Waals surface area contributed by atoms with Crippen LogP contribution in [0.1, 0.15) is 69.7 Å². The highest BCUT2D eigenvalue weighted by molar-refractivity contribution is 5.79. The molecule has 2 saturated heterocycles. The van der Waals surface area contributed by atoms with Gasteiger partial charge in [0.25, 0.3) is 0 Å². The maximum Gasteiger partial charge on any atom is 0.227 e. The lowest BCUT2D eigenvalue weighted by Crippen LogP contribution is -2.51. The van der Waals surface area contributed by atoms with E-state index in [9.17, 15) is 4.79 Å². The van der Waals surface area contributed by atoms with Gasteiger partial charge in [-0.3, -0.25) is 9.78 Å². The van der Waals surface area contributed by atoms with Gasteiger partial charge in [0.05, 0.1) is 23.8 Å². The predicted molar refractivity (Wildman–Crippen MR) is 153 cm³/mol. The van der Waals surface area contributed by atoms with Gasteiger partial charge in [-0.1, -0.05) is 25.8 Å².